The monoisotopic (exact) mass is 187 g/mol. The summed E-state index contributed by atoms with van der Waals surface area (Å²) in [5, 5.41) is 2.14. The van der Waals surface area contributed by atoms with Gasteiger partial charge in [-0.3, -0.25) is 0 Å². The van der Waals surface area contributed by atoms with E-state index in [0.29, 0.717) is 11.1 Å². The Labute approximate surface area is 82.6 Å². The normalized spacial score (nSPS) is 12.6. The number of hydrogen-bond acceptors (Lipinski definition) is 2. The minimum Gasteiger partial charge on any atom is -0.438 e. The Kier molecular flexibility index (Phi) is 2.12. The van der Waals surface area contributed by atoms with E-state index in [0.717, 1.165) is 22.7 Å². The van der Waals surface area contributed by atoms with Gasteiger partial charge in [0, 0.05) is 16.3 Å². The molecular weight excluding hydrogens is 174 g/mol. The van der Waals surface area contributed by atoms with E-state index in [9.17, 15) is 0 Å². The van der Waals surface area contributed by atoms with Crippen molar-refractivity contribution in [2.75, 3.05) is 0 Å². The van der Waals surface area contributed by atoms with E-state index in [1.165, 1.54) is 0 Å². The van der Waals surface area contributed by atoms with Crippen LogP contribution >= 0.6 is 0 Å². The van der Waals surface area contributed by atoms with E-state index in [2.05, 4.69) is 24.6 Å². The van der Waals surface area contributed by atoms with Gasteiger partial charge >= 0.3 is 0 Å². The molecule has 0 saturated heterocycles. The fourth-order valence-electron chi connectivity index (χ4n) is 1.57. The number of nitrogens with zero attached hydrogens (tertiary/aromatic N) is 1. The molecule has 0 aliphatic rings. The third kappa shape index (κ3) is 1.33. The van der Waals surface area contributed by atoms with Crippen molar-refractivity contribution >= 4 is 23.8 Å². The molecule has 0 aromatic carbocycles. The van der Waals surface area contributed by atoms with Crippen molar-refractivity contribution in [2.24, 2.45) is 0 Å². The first kappa shape index (κ1) is 9.00. The van der Waals surface area contributed by atoms with E-state index < -0.39 is 0 Å². The Balaban J connectivity index is 2.91. The van der Waals surface area contributed by atoms with Crippen molar-refractivity contribution in [3.8, 4) is 0 Å². The highest BCUT2D eigenvalue weighted by molar-refractivity contribution is 5.75. The van der Waals surface area contributed by atoms with Crippen LogP contribution in [-0.4, -0.2) is 4.98 Å². The maximum Gasteiger partial charge on any atom is 0.227 e. The topological polar surface area (TPSA) is 26.0 Å². The molecule has 72 valence electrons. The lowest BCUT2D eigenvalue weighted by molar-refractivity contribution is 0.565. The summed E-state index contributed by atoms with van der Waals surface area (Å²) in [7, 11) is 0. The Hall–Kier alpha value is -1.57. The van der Waals surface area contributed by atoms with Gasteiger partial charge in [0.1, 0.15) is 5.42 Å². The molecule has 0 radical (unpaired) electrons. The smallest absolute Gasteiger partial charge is 0.227 e. The van der Waals surface area contributed by atoms with E-state index in [1.807, 2.05) is 19.1 Å². The highest BCUT2D eigenvalue weighted by Crippen LogP contribution is 2.05. The molecule has 2 heteroatoms. The minimum absolute atomic E-state index is 0.690. The predicted octanol–water partition coefficient (Wildman–Crippen LogP) is 1.74. The molecule has 0 aliphatic heterocycles. The van der Waals surface area contributed by atoms with Gasteiger partial charge < -0.3 is 4.42 Å². The van der Waals surface area contributed by atoms with Crippen LogP contribution in [0.1, 0.15) is 19.0 Å². The van der Waals surface area contributed by atoms with Gasteiger partial charge in [0.05, 0.1) is 0 Å². The van der Waals surface area contributed by atoms with Crippen molar-refractivity contribution in [1.29, 1.82) is 0 Å². The molecule has 0 fully saturated rings. The molecule has 0 atom stereocenters. The number of aromatic nitrogens is 1. The summed E-state index contributed by atoms with van der Waals surface area (Å²) < 4.78 is 5.48. The van der Waals surface area contributed by atoms with Crippen molar-refractivity contribution in [2.45, 2.75) is 20.3 Å². The maximum atomic E-state index is 5.48. The molecule has 0 saturated carbocycles. The predicted molar refractivity (Wildman–Crippen MR) is 58.3 cm³/mol. The zero-order valence-corrected chi connectivity index (χ0v) is 8.50. The molecule has 0 aliphatic carbocycles. The van der Waals surface area contributed by atoms with Gasteiger partial charge in [-0.1, -0.05) is 19.6 Å². The number of fused-ring (bicyclic) bond motifs is 1. The highest BCUT2D eigenvalue weighted by atomic mass is 16.3. The van der Waals surface area contributed by atoms with Crippen molar-refractivity contribution in [1.82, 2.24) is 4.98 Å². The van der Waals surface area contributed by atoms with E-state index >= 15 is 0 Å². The molecule has 0 amide bonds. The second-order valence-electron chi connectivity index (χ2n) is 3.36. The molecule has 0 bridgehead atoms. The van der Waals surface area contributed by atoms with Gasteiger partial charge in [-0.25, -0.2) is 4.98 Å². The van der Waals surface area contributed by atoms with Crippen LogP contribution in [0.2, 0.25) is 0 Å². The van der Waals surface area contributed by atoms with Crippen LogP contribution in [0, 0.1) is 6.92 Å². The average molecular weight is 187 g/mol. The molecule has 0 spiro atoms. The SMILES string of the molecule is C=c1oc2nc(C)ccc2/c1=C/CC. The second-order valence-corrected chi connectivity index (χ2v) is 3.36. The lowest BCUT2D eigenvalue weighted by atomic mass is 10.2. The van der Waals surface area contributed by atoms with Crippen LogP contribution in [0.3, 0.4) is 0 Å². The number of rotatable bonds is 1. The number of aryl methyl sites for hydroxylation is 1. The summed E-state index contributed by atoms with van der Waals surface area (Å²) in [4.78, 5) is 4.31. The fourth-order valence-corrected chi connectivity index (χ4v) is 1.57. The summed E-state index contributed by atoms with van der Waals surface area (Å²) in [5.41, 5.74) is 2.36. The number of furan rings is 1. The quantitative estimate of drug-likeness (QED) is 0.679. The molecule has 2 rings (SSSR count). The van der Waals surface area contributed by atoms with Gasteiger partial charge in [-0.05, 0) is 25.5 Å². The first-order chi connectivity index (χ1) is 6.72. The summed E-state index contributed by atoms with van der Waals surface area (Å²) >= 11 is 0. The van der Waals surface area contributed by atoms with E-state index in [-0.39, 0.29) is 0 Å². The lowest BCUT2D eigenvalue weighted by Gasteiger charge is -1.89. The van der Waals surface area contributed by atoms with Crippen LogP contribution in [0.5, 0.6) is 0 Å². The van der Waals surface area contributed by atoms with Crippen LogP contribution in [0.4, 0.5) is 0 Å². The second kappa shape index (κ2) is 3.29. The Morgan fingerprint density at radius 1 is 1.50 bits per heavy atom. The van der Waals surface area contributed by atoms with Crippen LogP contribution in [-0.2, 0) is 0 Å². The standard InChI is InChI=1S/C12H13NO/c1-4-5-10-9(3)14-12-11(10)7-6-8(2)13-12/h5-7H,3-4H2,1-2H3/b10-5+. The third-order valence-corrected chi connectivity index (χ3v) is 2.22. The minimum atomic E-state index is 0.690. The summed E-state index contributed by atoms with van der Waals surface area (Å²) in [6, 6.07) is 4.03. The van der Waals surface area contributed by atoms with Gasteiger partial charge in [0.25, 0.3) is 0 Å². The molecule has 2 heterocycles. The Morgan fingerprint density at radius 2 is 2.29 bits per heavy atom. The van der Waals surface area contributed by atoms with Gasteiger partial charge in [0.15, 0.2) is 0 Å². The number of pyridine rings is 1. The molecule has 0 N–H and O–H groups in total. The van der Waals surface area contributed by atoms with Crippen LogP contribution in [0.25, 0.3) is 23.8 Å². The van der Waals surface area contributed by atoms with Crippen molar-refractivity contribution < 1.29 is 4.42 Å². The fraction of sp³-hybridized carbons (Fsp3) is 0.250. The first-order valence-electron chi connectivity index (χ1n) is 4.77. The van der Waals surface area contributed by atoms with E-state index in [4.69, 9.17) is 4.42 Å². The molecule has 2 aromatic rings. The molecule has 2 nitrogen and oxygen atoms in total. The zero-order valence-electron chi connectivity index (χ0n) is 8.50. The highest BCUT2D eigenvalue weighted by Gasteiger charge is 2.02. The zero-order chi connectivity index (χ0) is 10.1. The average Bonchev–Trinajstić information content (AvgIpc) is 2.43. The third-order valence-electron chi connectivity index (χ3n) is 2.22. The van der Waals surface area contributed by atoms with Crippen molar-refractivity contribution in [3.63, 3.8) is 0 Å². The summed E-state index contributed by atoms with van der Waals surface area (Å²) in [5.74, 6) is 0. The summed E-state index contributed by atoms with van der Waals surface area (Å²) in [6.45, 7) is 7.92. The Morgan fingerprint density at radius 3 is 3.00 bits per heavy atom. The van der Waals surface area contributed by atoms with Crippen LogP contribution in [0.15, 0.2) is 16.5 Å². The molecule has 0 unspecified atom stereocenters. The van der Waals surface area contributed by atoms with E-state index in [1.54, 1.807) is 0 Å². The van der Waals surface area contributed by atoms with Crippen LogP contribution < -0.4 is 10.6 Å². The Bertz CT molecular complexity index is 566. The molecule has 14 heavy (non-hydrogen) atoms. The molecule has 2 aromatic heterocycles. The van der Waals surface area contributed by atoms with Gasteiger partial charge in [-0.15, -0.1) is 0 Å². The maximum absolute atomic E-state index is 5.48. The largest absolute Gasteiger partial charge is 0.438 e. The molecular formula is C12H13NO. The number of hydrogen-bond donors (Lipinski definition) is 0. The summed E-state index contributed by atoms with van der Waals surface area (Å²) in [6.07, 6.45) is 3.09. The van der Waals surface area contributed by atoms with Gasteiger partial charge in [0.2, 0.25) is 5.71 Å². The lowest BCUT2D eigenvalue weighted by Crippen LogP contribution is -2.17. The van der Waals surface area contributed by atoms with Crippen molar-refractivity contribution in [3.05, 3.63) is 28.5 Å². The first-order valence-corrected chi connectivity index (χ1v) is 4.77. The van der Waals surface area contributed by atoms with Gasteiger partial charge in [-0.2, -0.15) is 0 Å².